The standard InChI is InChI=1S/BrH.Cu.2H2O/h1H;;2*1H2. The molecule has 35 valence electrons. The van der Waals surface area contributed by atoms with Crippen molar-refractivity contribution in [3.63, 3.8) is 0 Å². The van der Waals surface area contributed by atoms with Crippen molar-refractivity contribution >= 4 is 17.0 Å². The molecule has 0 rings (SSSR count). The molecule has 0 aromatic heterocycles. The van der Waals surface area contributed by atoms with Gasteiger partial charge in [-0.05, 0) is 0 Å². The van der Waals surface area contributed by atoms with Gasteiger partial charge in [-0.2, -0.15) is 0 Å². The third-order valence-electron chi connectivity index (χ3n) is 0. The van der Waals surface area contributed by atoms with Gasteiger partial charge in [-0.15, -0.1) is 17.0 Å². The Hall–Kier alpha value is 0.919. The molecule has 0 aromatic rings. The van der Waals surface area contributed by atoms with Crippen molar-refractivity contribution in [3.8, 4) is 0 Å². The summed E-state index contributed by atoms with van der Waals surface area (Å²) < 4.78 is 0. The van der Waals surface area contributed by atoms with Gasteiger partial charge in [-0.25, -0.2) is 0 Å². The van der Waals surface area contributed by atoms with E-state index >= 15 is 0 Å². The molecule has 2 nitrogen and oxygen atoms in total. The molecule has 0 bridgehead atoms. The van der Waals surface area contributed by atoms with E-state index < -0.39 is 0 Å². The van der Waals surface area contributed by atoms with E-state index in [1.54, 1.807) is 0 Å². The van der Waals surface area contributed by atoms with E-state index in [1.165, 1.54) is 0 Å². The SMILES string of the molecule is Br.O.O.[Cu]. The molecule has 4 heteroatoms. The van der Waals surface area contributed by atoms with Gasteiger partial charge in [0.05, 0.1) is 0 Å². The second kappa shape index (κ2) is 39.5. The van der Waals surface area contributed by atoms with Gasteiger partial charge in [-0.3, -0.25) is 0 Å². The van der Waals surface area contributed by atoms with Gasteiger partial charge in [0, 0.05) is 17.1 Å². The Bertz CT molecular complexity index is 6.00. The van der Waals surface area contributed by atoms with Crippen molar-refractivity contribution in [2.24, 2.45) is 0 Å². The molecular weight excluding hydrogens is 175 g/mol. The first-order valence-corrected chi connectivity index (χ1v) is 0. The monoisotopic (exact) mass is 179 g/mol. The van der Waals surface area contributed by atoms with Crippen LogP contribution in [0.4, 0.5) is 0 Å². The van der Waals surface area contributed by atoms with Crippen molar-refractivity contribution in [2.75, 3.05) is 0 Å². The largest absolute Gasteiger partial charge is 0.412 e. The molecule has 0 aliphatic heterocycles. The van der Waals surface area contributed by atoms with Gasteiger partial charge >= 0.3 is 0 Å². The van der Waals surface area contributed by atoms with Crippen molar-refractivity contribution in [2.45, 2.75) is 0 Å². The van der Waals surface area contributed by atoms with Gasteiger partial charge in [0.15, 0.2) is 0 Å². The van der Waals surface area contributed by atoms with Gasteiger partial charge in [0.2, 0.25) is 0 Å². The predicted octanol–water partition coefficient (Wildman–Crippen LogP) is -1.07. The fourth-order valence-electron chi connectivity index (χ4n) is 0. The Labute approximate surface area is 45.4 Å². The van der Waals surface area contributed by atoms with E-state index in [0.29, 0.717) is 0 Å². The third-order valence-corrected chi connectivity index (χ3v) is 0. The summed E-state index contributed by atoms with van der Waals surface area (Å²) in [7, 11) is 0. The van der Waals surface area contributed by atoms with Gasteiger partial charge in [0.1, 0.15) is 0 Å². The average Bonchev–Trinajstić information content (AvgIpc) is 0. The molecule has 0 atom stereocenters. The average molecular weight is 180 g/mol. The molecule has 4 N–H and O–H groups in total. The number of halogens is 1. The topological polar surface area (TPSA) is 63.0 Å². The summed E-state index contributed by atoms with van der Waals surface area (Å²) in [5.74, 6) is 0. The van der Waals surface area contributed by atoms with Crippen LogP contribution in [0.25, 0.3) is 0 Å². The van der Waals surface area contributed by atoms with Crippen molar-refractivity contribution in [3.05, 3.63) is 0 Å². The third kappa shape index (κ3) is 12.7. The van der Waals surface area contributed by atoms with Crippen LogP contribution in [0.3, 0.4) is 0 Å². The van der Waals surface area contributed by atoms with E-state index in [2.05, 4.69) is 0 Å². The van der Waals surface area contributed by atoms with Crippen molar-refractivity contribution < 1.29 is 28.0 Å². The second-order valence-electron chi connectivity index (χ2n) is 0. The number of hydrogen-bond donors (Lipinski definition) is 0. The predicted molar refractivity (Wildman–Crippen MR) is 17.5 cm³/mol. The molecule has 1 radical (unpaired) electrons. The van der Waals surface area contributed by atoms with E-state index in [-0.39, 0.29) is 45.0 Å². The molecule has 0 aromatic carbocycles. The summed E-state index contributed by atoms with van der Waals surface area (Å²) in [6, 6.07) is 0. The molecule has 0 aliphatic carbocycles. The molecule has 0 amide bonds. The maximum absolute atomic E-state index is 0. The van der Waals surface area contributed by atoms with Crippen molar-refractivity contribution in [1.29, 1.82) is 0 Å². The van der Waals surface area contributed by atoms with Crippen molar-refractivity contribution in [1.82, 2.24) is 0 Å². The van der Waals surface area contributed by atoms with Crippen LogP contribution < -0.4 is 0 Å². The second-order valence-corrected chi connectivity index (χ2v) is 0. The molecule has 0 aliphatic rings. The fraction of sp³-hybridized carbons (Fsp3) is 0. The van der Waals surface area contributed by atoms with Crippen LogP contribution in [0.15, 0.2) is 0 Å². The van der Waals surface area contributed by atoms with E-state index in [4.69, 9.17) is 0 Å². The van der Waals surface area contributed by atoms with Crippen LogP contribution in [-0.2, 0) is 17.1 Å². The van der Waals surface area contributed by atoms with E-state index in [0.717, 1.165) is 0 Å². The molecule has 0 saturated heterocycles. The smallest absolute Gasteiger partial charge is 0 e. The normalized spacial score (nSPS) is 0. The minimum absolute atomic E-state index is 0. The van der Waals surface area contributed by atoms with Gasteiger partial charge in [0.25, 0.3) is 0 Å². The Morgan fingerprint density at radius 3 is 0.750 bits per heavy atom. The first-order chi connectivity index (χ1) is 0. The van der Waals surface area contributed by atoms with Gasteiger partial charge < -0.3 is 11.0 Å². The number of hydrogen-bond acceptors (Lipinski definition) is 0. The van der Waals surface area contributed by atoms with Crippen LogP contribution in [0.5, 0.6) is 0 Å². The molecule has 0 heterocycles. The zero-order chi connectivity index (χ0) is 0. The zero-order valence-electron chi connectivity index (χ0n) is 1.71. The minimum Gasteiger partial charge on any atom is -0.412 e. The maximum atomic E-state index is 0. The Balaban J connectivity index is 0. The maximum Gasteiger partial charge on any atom is 0 e. The van der Waals surface area contributed by atoms with E-state index in [9.17, 15) is 0 Å². The summed E-state index contributed by atoms with van der Waals surface area (Å²) in [6.45, 7) is 0. The Morgan fingerprint density at radius 1 is 0.750 bits per heavy atom. The Kier molecular flexibility index (Phi) is 883. The molecule has 4 heavy (non-hydrogen) atoms. The fourth-order valence-corrected chi connectivity index (χ4v) is 0. The minimum atomic E-state index is 0. The van der Waals surface area contributed by atoms with Gasteiger partial charge in [-0.1, -0.05) is 0 Å². The number of rotatable bonds is 0. The molecule has 0 unspecified atom stereocenters. The summed E-state index contributed by atoms with van der Waals surface area (Å²) >= 11 is 0. The summed E-state index contributed by atoms with van der Waals surface area (Å²) in [4.78, 5) is 0. The van der Waals surface area contributed by atoms with Crippen LogP contribution in [0.1, 0.15) is 0 Å². The summed E-state index contributed by atoms with van der Waals surface area (Å²) in [5.41, 5.74) is 0. The first kappa shape index (κ1) is 89.4. The van der Waals surface area contributed by atoms with Crippen LogP contribution >= 0.6 is 17.0 Å². The Morgan fingerprint density at radius 2 is 0.750 bits per heavy atom. The molecule has 0 saturated carbocycles. The summed E-state index contributed by atoms with van der Waals surface area (Å²) in [6.07, 6.45) is 0. The molecular formula is H5BrCuO2. The first-order valence-electron chi connectivity index (χ1n) is 0. The molecule has 0 fully saturated rings. The van der Waals surface area contributed by atoms with E-state index in [1.807, 2.05) is 0 Å². The quantitative estimate of drug-likeness (QED) is 0.426. The zero-order valence-corrected chi connectivity index (χ0v) is 4.36. The van der Waals surface area contributed by atoms with Crippen LogP contribution in [0.2, 0.25) is 0 Å². The molecule has 0 spiro atoms. The summed E-state index contributed by atoms with van der Waals surface area (Å²) in [5, 5.41) is 0. The van der Waals surface area contributed by atoms with Crippen LogP contribution in [0, 0.1) is 0 Å². The van der Waals surface area contributed by atoms with Crippen LogP contribution in [-0.4, -0.2) is 11.0 Å².